The summed E-state index contributed by atoms with van der Waals surface area (Å²) in [6.07, 6.45) is -4.67. The molecule has 1 fully saturated rings. The first-order chi connectivity index (χ1) is 9.82. The molecule has 1 unspecified atom stereocenters. The zero-order valence-corrected chi connectivity index (χ0v) is 10.7. The number of primary amides is 1. The number of ether oxygens (including phenoxy) is 1. The number of aromatic nitrogens is 2. The number of halogens is 3. The lowest BCUT2D eigenvalue weighted by atomic mass is 10.2. The summed E-state index contributed by atoms with van der Waals surface area (Å²) in [5, 5.41) is 0. The van der Waals surface area contributed by atoms with Crippen molar-refractivity contribution >= 4 is 17.7 Å². The van der Waals surface area contributed by atoms with E-state index in [2.05, 4.69) is 9.97 Å². The minimum absolute atomic E-state index is 0.0218. The Bertz CT molecular complexity index is 538. The molecule has 0 saturated carbocycles. The van der Waals surface area contributed by atoms with Gasteiger partial charge in [0.15, 0.2) is 5.69 Å². The molecular weight excluding hydrogens is 293 g/mol. The standard InChI is InChI=1S/C10H13F3N6O2/c11-10(12,13)6-3-7(17-9(16-6)18-15)19-1-2-21-4-5(19)8(14)20/h3,5H,1-2,4,15H2,(H2,14,20)(H,16,17,18). The van der Waals surface area contributed by atoms with E-state index in [1.807, 2.05) is 5.43 Å². The predicted molar refractivity (Wildman–Crippen MR) is 66.0 cm³/mol. The van der Waals surface area contributed by atoms with Gasteiger partial charge in [0, 0.05) is 12.6 Å². The fourth-order valence-electron chi connectivity index (χ4n) is 1.90. The summed E-state index contributed by atoms with van der Waals surface area (Å²) < 4.78 is 43.5. The van der Waals surface area contributed by atoms with E-state index in [1.54, 1.807) is 0 Å². The van der Waals surface area contributed by atoms with Crippen molar-refractivity contribution in [3.05, 3.63) is 11.8 Å². The molecule has 2 rings (SSSR count). The van der Waals surface area contributed by atoms with Gasteiger partial charge in [-0.1, -0.05) is 0 Å². The normalized spacial score (nSPS) is 19.4. The number of amides is 1. The highest BCUT2D eigenvalue weighted by Gasteiger charge is 2.36. The van der Waals surface area contributed by atoms with Crippen molar-refractivity contribution in [2.45, 2.75) is 12.2 Å². The molecule has 1 amide bonds. The number of rotatable bonds is 3. The quantitative estimate of drug-likeness (QED) is 0.507. The molecule has 116 valence electrons. The van der Waals surface area contributed by atoms with Gasteiger partial charge in [-0.05, 0) is 0 Å². The Labute approximate surface area is 117 Å². The highest BCUT2D eigenvalue weighted by molar-refractivity contribution is 5.83. The van der Waals surface area contributed by atoms with Crippen LogP contribution in [0.25, 0.3) is 0 Å². The van der Waals surface area contributed by atoms with E-state index in [4.69, 9.17) is 16.3 Å². The third-order valence-electron chi connectivity index (χ3n) is 2.88. The van der Waals surface area contributed by atoms with Crippen LogP contribution in [0.3, 0.4) is 0 Å². The number of carbonyl (C=O) groups is 1. The monoisotopic (exact) mass is 306 g/mol. The number of alkyl halides is 3. The topological polar surface area (TPSA) is 119 Å². The zero-order chi connectivity index (χ0) is 15.6. The molecule has 21 heavy (non-hydrogen) atoms. The Morgan fingerprint density at radius 1 is 1.48 bits per heavy atom. The Hall–Kier alpha value is -2.14. The van der Waals surface area contributed by atoms with Gasteiger partial charge in [0.25, 0.3) is 0 Å². The largest absolute Gasteiger partial charge is 0.433 e. The van der Waals surface area contributed by atoms with Gasteiger partial charge in [-0.25, -0.2) is 10.8 Å². The van der Waals surface area contributed by atoms with E-state index in [0.29, 0.717) is 0 Å². The van der Waals surface area contributed by atoms with Gasteiger partial charge in [-0.15, -0.1) is 0 Å². The number of morpholine rings is 1. The van der Waals surface area contributed by atoms with E-state index in [-0.39, 0.29) is 25.6 Å². The molecule has 1 saturated heterocycles. The van der Waals surface area contributed by atoms with Crippen molar-refractivity contribution in [2.24, 2.45) is 11.6 Å². The lowest BCUT2D eigenvalue weighted by molar-refractivity contribution is -0.141. The van der Waals surface area contributed by atoms with Crippen LogP contribution < -0.4 is 21.9 Å². The first-order valence-electron chi connectivity index (χ1n) is 5.89. The molecule has 11 heteroatoms. The van der Waals surface area contributed by atoms with Gasteiger partial charge < -0.3 is 15.4 Å². The first-order valence-corrected chi connectivity index (χ1v) is 5.89. The van der Waals surface area contributed by atoms with Crippen molar-refractivity contribution in [3.63, 3.8) is 0 Å². The van der Waals surface area contributed by atoms with E-state index >= 15 is 0 Å². The van der Waals surface area contributed by atoms with Crippen molar-refractivity contribution < 1.29 is 22.7 Å². The SMILES string of the molecule is NNc1nc(N2CCOCC2C(N)=O)cc(C(F)(F)F)n1. The number of nitrogens with one attached hydrogen (secondary N) is 1. The third kappa shape index (κ3) is 3.31. The summed E-state index contributed by atoms with van der Waals surface area (Å²) in [6, 6.07) is -0.164. The minimum Gasteiger partial charge on any atom is -0.377 e. The van der Waals surface area contributed by atoms with Crippen LogP contribution >= 0.6 is 0 Å². The van der Waals surface area contributed by atoms with Gasteiger partial charge in [-0.2, -0.15) is 18.2 Å². The van der Waals surface area contributed by atoms with Crippen molar-refractivity contribution in [1.82, 2.24) is 9.97 Å². The molecule has 1 aromatic heterocycles. The molecule has 0 aromatic carbocycles. The zero-order valence-electron chi connectivity index (χ0n) is 10.7. The number of nitrogens with two attached hydrogens (primary N) is 2. The molecule has 0 bridgehead atoms. The van der Waals surface area contributed by atoms with Crippen LogP contribution in [0.5, 0.6) is 0 Å². The van der Waals surface area contributed by atoms with Crippen molar-refractivity contribution in [3.8, 4) is 0 Å². The van der Waals surface area contributed by atoms with E-state index in [9.17, 15) is 18.0 Å². The van der Waals surface area contributed by atoms with Gasteiger partial charge in [0.2, 0.25) is 11.9 Å². The maximum absolute atomic E-state index is 12.8. The molecule has 0 radical (unpaired) electrons. The van der Waals surface area contributed by atoms with E-state index < -0.39 is 29.8 Å². The average molecular weight is 306 g/mol. The van der Waals surface area contributed by atoms with Crippen LogP contribution in [0, 0.1) is 0 Å². The van der Waals surface area contributed by atoms with Gasteiger partial charge in [0.1, 0.15) is 11.9 Å². The molecule has 8 nitrogen and oxygen atoms in total. The molecule has 1 atom stereocenters. The second kappa shape index (κ2) is 5.69. The molecule has 1 aliphatic rings. The highest BCUT2D eigenvalue weighted by Crippen LogP contribution is 2.31. The van der Waals surface area contributed by atoms with Crippen molar-refractivity contribution in [1.29, 1.82) is 0 Å². The Morgan fingerprint density at radius 3 is 2.76 bits per heavy atom. The first kappa shape index (κ1) is 15.3. The number of anilines is 2. The number of nitrogen functional groups attached to an aromatic ring is 1. The second-order valence-electron chi connectivity index (χ2n) is 4.26. The number of nitrogens with zero attached hydrogens (tertiary/aromatic N) is 3. The van der Waals surface area contributed by atoms with Gasteiger partial charge in [-0.3, -0.25) is 10.2 Å². The summed E-state index contributed by atoms with van der Waals surface area (Å²) >= 11 is 0. The number of hydrazine groups is 1. The van der Waals surface area contributed by atoms with Gasteiger partial charge >= 0.3 is 6.18 Å². The smallest absolute Gasteiger partial charge is 0.377 e. The molecule has 0 aliphatic carbocycles. The summed E-state index contributed by atoms with van der Waals surface area (Å²) in [5.74, 6) is 3.85. The lowest BCUT2D eigenvalue weighted by Gasteiger charge is -2.34. The van der Waals surface area contributed by atoms with Crippen LogP contribution in [0.2, 0.25) is 0 Å². The maximum atomic E-state index is 12.8. The summed E-state index contributed by atoms with van der Waals surface area (Å²) in [4.78, 5) is 19.8. The maximum Gasteiger partial charge on any atom is 0.433 e. The predicted octanol–water partition coefficient (Wildman–Crippen LogP) is -0.528. The van der Waals surface area contributed by atoms with Gasteiger partial charge in [0.05, 0.1) is 13.2 Å². The minimum atomic E-state index is -4.67. The highest BCUT2D eigenvalue weighted by atomic mass is 19.4. The second-order valence-corrected chi connectivity index (χ2v) is 4.26. The fraction of sp³-hybridized carbons (Fsp3) is 0.500. The molecular formula is C10H13F3N6O2. The molecule has 1 aromatic rings. The molecule has 0 spiro atoms. The Balaban J connectivity index is 2.43. The Morgan fingerprint density at radius 2 is 2.19 bits per heavy atom. The number of carbonyl (C=O) groups excluding carboxylic acids is 1. The summed E-state index contributed by atoms with van der Waals surface area (Å²) in [6.45, 7) is 0.387. The molecule has 1 aliphatic heterocycles. The van der Waals surface area contributed by atoms with Crippen LogP contribution in [0.1, 0.15) is 5.69 Å². The van der Waals surface area contributed by atoms with Crippen LogP contribution in [0.4, 0.5) is 24.9 Å². The van der Waals surface area contributed by atoms with Crippen LogP contribution in [0.15, 0.2) is 6.07 Å². The third-order valence-corrected chi connectivity index (χ3v) is 2.88. The number of hydrogen-bond donors (Lipinski definition) is 3. The fourth-order valence-corrected chi connectivity index (χ4v) is 1.90. The summed E-state index contributed by atoms with van der Waals surface area (Å²) in [5.41, 5.74) is 6.02. The van der Waals surface area contributed by atoms with E-state index in [1.165, 1.54) is 4.90 Å². The molecule has 2 heterocycles. The van der Waals surface area contributed by atoms with Crippen LogP contribution in [-0.2, 0) is 15.7 Å². The number of hydrogen-bond acceptors (Lipinski definition) is 7. The average Bonchev–Trinajstić information content (AvgIpc) is 2.45. The van der Waals surface area contributed by atoms with Crippen LogP contribution in [-0.4, -0.2) is 41.7 Å². The van der Waals surface area contributed by atoms with E-state index in [0.717, 1.165) is 6.07 Å². The Kier molecular flexibility index (Phi) is 4.14. The molecule has 5 N–H and O–H groups in total. The summed E-state index contributed by atoms with van der Waals surface area (Å²) in [7, 11) is 0. The van der Waals surface area contributed by atoms with Crippen molar-refractivity contribution in [2.75, 3.05) is 30.1 Å². The lowest BCUT2D eigenvalue weighted by Crippen LogP contribution is -2.53.